The molecule has 1 aliphatic rings. The van der Waals surface area contributed by atoms with Gasteiger partial charge in [-0.25, -0.2) is 13.2 Å². The molecule has 20 heavy (non-hydrogen) atoms. The zero-order chi connectivity index (χ0) is 14.8. The second-order valence-corrected chi connectivity index (χ2v) is 6.57. The molecule has 0 radical (unpaired) electrons. The van der Waals surface area contributed by atoms with Crippen LogP contribution in [0, 0.1) is 0 Å². The molecule has 0 atom stereocenters. The molecule has 3 N–H and O–H groups in total. The van der Waals surface area contributed by atoms with E-state index >= 15 is 0 Å². The van der Waals surface area contributed by atoms with Gasteiger partial charge < -0.3 is 10.1 Å². The summed E-state index contributed by atoms with van der Waals surface area (Å²) in [7, 11) is -3.97. The van der Waals surface area contributed by atoms with Crippen molar-refractivity contribution < 1.29 is 13.5 Å². The van der Waals surface area contributed by atoms with Crippen LogP contribution in [-0.4, -0.2) is 47.0 Å². The number of aromatic amines is 2. The summed E-state index contributed by atoms with van der Waals surface area (Å²) in [4.78, 5) is 26.2. The van der Waals surface area contributed by atoms with Crippen LogP contribution in [0.15, 0.2) is 20.7 Å². The maximum atomic E-state index is 12.5. The van der Waals surface area contributed by atoms with E-state index in [9.17, 15) is 18.0 Å². The van der Waals surface area contributed by atoms with Gasteiger partial charge in [0.05, 0.1) is 0 Å². The SMILES string of the molecule is O=c1[nH]cc(S(=O)(=O)N(CCCO)C2CCC2)c(=O)[nH]1. The number of aromatic nitrogens is 2. The minimum absolute atomic E-state index is 0.124. The van der Waals surface area contributed by atoms with Crippen LogP contribution < -0.4 is 11.2 Å². The summed E-state index contributed by atoms with van der Waals surface area (Å²) in [5, 5.41) is 8.88. The first-order valence-electron chi connectivity index (χ1n) is 6.41. The van der Waals surface area contributed by atoms with Crippen molar-refractivity contribution in [3.8, 4) is 0 Å². The predicted molar refractivity (Wildman–Crippen MR) is 70.9 cm³/mol. The van der Waals surface area contributed by atoms with E-state index in [1.54, 1.807) is 0 Å². The molecular weight excluding hydrogens is 286 g/mol. The van der Waals surface area contributed by atoms with Crippen molar-refractivity contribution in [1.29, 1.82) is 0 Å². The Hall–Kier alpha value is -1.45. The molecule has 1 aromatic rings. The van der Waals surface area contributed by atoms with Gasteiger partial charge in [-0.2, -0.15) is 4.31 Å². The molecule has 0 aromatic carbocycles. The molecule has 1 aromatic heterocycles. The Morgan fingerprint density at radius 3 is 2.55 bits per heavy atom. The molecule has 1 saturated carbocycles. The Morgan fingerprint density at radius 2 is 2.05 bits per heavy atom. The first-order valence-corrected chi connectivity index (χ1v) is 7.85. The predicted octanol–water partition coefficient (Wildman–Crippen LogP) is -1.01. The largest absolute Gasteiger partial charge is 0.396 e. The minimum Gasteiger partial charge on any atom is -0.396 e. The van der Waals surface area contributed by atoms with Gasteiger partial charge in [0.2, 0.25) is 10.0 Å². The van der Waals surface area contributed by atoms with E-state index in [2.05, 4.69) is 4.98 Å². The Labute approximate surface area is 115 Å². The van der Waals surface area contributed by atoms with Crippen LogP contribution in [0.2, 0.25) is 0 Å². The topological polar surface area (TPSA) is 123 Å². The molecule has 0 amide bonds. The van der Waals surface area contributed by atoms with Gasteiger partial charge >= 0.3 is 5.69 Å². The summed E-state index contributed by atoms with van der Waals surface area (Å²) in [6, 6.07) is -0.141. The summed E-state index contributed by atoms with van der Waals surface area (Å²) < 4.78 is 26.3. The first kappa shape index (κ1) is 14.9. The third-order valence-electron chi connectivity index (χ3n) is 3.39. The maximum absolute atomic E-state index is 12.5. The molecule has 1 heterocycles. The minimum atomic E-state index is -3.97. The molecule has 0 spiro atoms. The number of H-pyrrole nitrogens is 2. The van der Waals surface area contributed by atoms with Gasteiger partial charge in [0.15, 0.2) is 4.90 Å². The smallest absolute Gasteiger partial charge is 0.325 e. The van der Waals surface area contributed by atoms with Crippen LogP contribution in [-0.2, 0) is 10.0 Å². The van der Waals surface area contributed by atoms with E-state index in [1.807, 2.05) is 4.98 Å². The van der Waals surface area contributed by atoms with Crippen molar-refractivity contribution in [2.45, 2.75) is 36.6 Å². The molecule has 2 rings (SSSR count). The van der Waals surface area contributed by atoms with Crippen molar-refractivity contribution in [3.05, 3.63) is 27.0 Å². The normalized spacial score (nSPS) is 16.3. The number of nitrogens with zero attached hydrogens (tertiary/aromatic N) is 1. The molecule has 1 aliphatic carbocycles. The summed E-state index contributed by atoms with van der Waals surface area (Å²) in [6.07, 6.45) is 3.65. The zero-order valence-corrected chi connectivity index (χ0v) is 11.6. The molecule has 8 nitrogen and oxygen atoms in total. The first-order chi connectivity index (χ1) is 9.46. The number of hydrogen-bond acceptors (Lipinski definition) is 5. The number of aliphatic hydroxyl groups is 1. The molecule has 112 valence electrons. The molecule has 0 bridgehead atoms. The summed E-state index contributed by atoms with van der Waals surface area (Å²) in [5.74, 6) is 0. The molecular formula is C11H17N3O5S. The lowest BCUT2D eigenvalue weighted by Crippen LogP contribution is -2.46. The number of rotatable bonds is 6. The maximum Gasteiger partial charge on any atom is 0.325 e. The highest BCUT2D eigenvalue weighted by molar-refractivity contribution is 7.89. The Bertz CT molecular complexity index is 674. The lowest BCUT2D eigenvalue weighted by molar-refractivity contribution is 0.198. The second-order valence-electron chi connectivity index (χ2n) is 4.71. The van der Waals surface area contributed by atoms with E-state index in [1.165, 1.54) is 4.31 Å². The van der Waals surface area contributed by atoms with Crippen molar-refractivity contribution in [2.24, 2.45) is 0 Å². The molecule has 0 unspecified atom stereocenters. The third kappa shape index (κ3) is 2.84. The molecule has 1 fully saturated rings. The second kappa shape index (κ2) is 5.90. The van der Waals surface area contributed by atoms with Gasteiger partial charge in [-0.05, 0) is 19.3 Å². The fourth-order valence-electron chi connectivity index (χ4n) is 2.12. The van der Waals surface area contributed by atoms with E-state index in [0.29, 0.717) is 6.42 Å². The van der Waals surface area contributed by atoms with E-state index < -0.39 is 26.2 Å². The highest BCUT2D eigenvalue weighted by Crippen LogP contribution is 2.28. The standard InChI is InChI=1S/C11H17N3O5S/c15-6-2-5-14(8-3-1-4-8)20(18,19)9-7-12-11(17)13-10(9)16/h7-8,15H,1-6H2,(H2,12,13,16,17). The van der Waals surface area contributed by atoms with Crippen LogP contribution >= 0.6 is 0 Å². The average Bonchev–Trinajstić information content (AvgIpc) is 2.31. The monoisotopic (exact) mass is 303 g/mol. The van der Waals surface area contributed by atoms with Gasteiger partial charge in [-0.3, -0.25) is 9.78 Å². The van der Waals surface area contributed by atoms with Crippen LogP contribution in [0.4, 0.5) is 0 Å². The Kier molecular flexibility index (Phi) is 4.41. The number of hydrogen-bond donors (Lipinski definition) is 3. The van der Waals surface area contributed by atoms with Crippen molar-refractivity contribution in [2.75, 3.05) is 13.2 Å². The van der Waals surface area contributed by atoms with Gasteiger partial charge in [0.25, 0.3) is 5.56 Å². The quantitative estimate of drug-likeness (QED) is 0.621. The van der Waals surface area contributed by atoms with E-state index in [0.717, 1.165) is 25.5 Å². The van der Waals surface area contributed by atoms with Gasteiger partial charge in [-0.15, -0.1) is 0 Å². The number of aliphatic hydroxyl groups excluding tert-OH is 1. The van der Waals surface area contributed by atoms with Gasteiger partial charge in [0.1, 0.15) is 0 Å². The van der Waals surface area contributed by atoms with E-state index in [-0.39, 0.29) is 19.2 Å². The van der Waals surface area contributed by atoms with Crippen LogP contribution in [0.5, 0.6) is 0 Å². The highest BCUT2D eigenvalue weighted by atomic mass is 32.2. The highest BCUT2D eigenvalue weighted by Gasteiger charge is 2.35. The molecule has 0 saturated heterocycles. The van der Waals surface area contributed by atoms with E-state index in [4.69, 9.17) is 5.11 Å². The lowest BCUT2D eigenvalue weighted by Gasteiger charge is -2.36. The molecule has 0 aliphatic heterocycles. The summed E-state index contributed by atoms with van der Waals surface area (Å²) >= 11 is 0. The average molecular weight is 303 g/mol. The fraction of sp³-hybridized carbons (Fsp3) is 0.636. The lowest BCUT2D eigenvalue weighted by atomic mass is 9.93. The van der Waals surface area contributed by atoms with Crippen molar-refractivity contribution in [1.82, 2.24) is 14.3 Å². The Morgan fingerprint density at radius 1 is 1.35 bits per heavy atom. The summed E-state index contributed by atoms with van der Waals surface area (Å²) in [6.45, 7) is 0.0305. The van der Waals surface area contributed by atoms with Gasteiger partial charge in [0, 0.05) is 25.4 Å². The number of sulfonamides is 1. The van der Waals surface area contributed by atoms with Crippen LogP contribution in [0.25, 0.3) is 0 Å². The van der Waals surface area contributed by atoms with Crippen molar-refractivity contribution in [3.63, 3.8) is 0 Å². The molecule has 9 heteroatoms. The Balaban J connectivity index is 2.38. The third-order valence-corrected chi connectivity index (χ3v) is 5.35. The fourth-order valence-corrected chi connectivity index (χ4v) is 3.83. The van der Waals surface area contributed by atoms with Gasteiger partial charge in [-0.1, -0.05) is 6.42 Å². The summed E-state index contributed by atoms with van der Waals surface area (Å²) in [5.41, 5.74) is -1.68. The van der Waals surface area contributed by atoms with Crippen LogP contribution in [0.3, 0.4) is 0 Å². The van der Waals surface area contributed by atoms with Crippen molar-refractivity contribution >= 4 is 10.0 Å². The van der Waals surface area contributed by atoms with Crippen LogP contribution in [0.1, 0.15) is 25.7 Å². The number of nitrogens with one attached hydrogen (secondary N) is 2. The zero-order valence-electron chi connectivity index (χ0n) is 10.8.